The molecule has 0 heterocycles. The monoisotopic (exact) mass is 571 g/mol. The lowest BCUT2D eigenvalue weighted by Crippen LogP contribution is -2.47. The van der Waals surface area contributed by atoms with Gasteiger partial charge in [0.05, 0.1) is 18.0 Å². The summed E-state index contributed by atoms with van der Waals surface area (Å²) in [5, 5.41) is 2.04. The van der Waals surface area contributed by atoms with Gasteiger partial charge >= 0.3 is 0 Å². The molecule has 1 atom stereocenters. The van der Waals surface area contributed by atoms with Crippen LogP contribution in [0.1, 0.15) is 49.3 Å². The van der Waals surface area contributed by atoms with E-state index in [2.05, 4.69) is 54.9 Å². The summed E-state index contributed by atoms with van der Waals surface area (Å²) >= 11 is 3.80. The molecular formula is C30H40BrN2O2S+. The highest BCUT2D eigenvalue weighted by Crippen LogP contribution is 2.32. The molecule has 1 saturated carbocycles. The molecule has 0 aromatic heterocycles. The number of sulfonamides is 1. The Bertz CT molecular complexity index is 1260. The lowest BCUT2D eigenvalue weighted by Gasteiger charge is -2.36. The van der Waals surface area contributed by atoms with Crippen molar-refractivity contribution in [2.24, 2.45) is 5.92 Å². The average Bonchev–Trinajstić information content (AvgIpc) is 3.68. The molecule has 6 heteroatoms. The number of halogens is 1. The second-order valence-electron chi connectivity index (χ2n) is 10.7. The summed E-state index contributed by atoms with van der Waals surface area (Å²) in [5.74, 6) is 0.512. The highest BCUT2D eigenvalue weighted by molar-refractivity contribution is 9.09. The number of alkyl halides is 1. The fourth-order valence-corrected chi connectivity index (χ4v) is 7.57. The minimum atomic E-state index is -3.51. The van der Waals surface area contributed by atoms with Crippen LogP contribution in [-0.4, -0.2) is 48.8 Å². The number of quaternary nitrogens is 1. The zero-order valence-electron chi connectivity index (χ0n) is 21.9. The normalized spacial score (nSPS) is 15.9. The Kier molecular flexibility index (Phi) is 8.92. The highest BCUT2D eigenvalue weighted by Gasteiger charge is 2.32. The minimum Gasteiger partial charge on any atom is -0.311 e. The third-order valence-electron chi connectivity index (χ3n) is 7.53. The minimum absolute atomic E-state index is 0.413. The van der Waals surface area contributed by atoms with E-state index in [1.807, 2.05) is 36.4 Å². The van der Waals surface area contributed by atoms with E-state index in [1.54, 1.807) is 10.4 Å². The molecule has 0 radical (unpaired) electrons. The van der Waals surface area contributed by atoms with E-state index < -0.39 is 10.0 Å². The van der Waals surface area contributed by atoms with E-state index in [4.69, 9.17) is 0 Å². The second kappa shape index (κ2) is 11.8. The van der Waals surface area contributed by atoms with E-state index in [0.29, 0.717) is 23.9 Å². The summed E-state index contributed by atoms with van der Waals surface area (Å²) in [4.78, 5) is 0.413. The number of rotatable bonds is 13. The predicted molar refractivity (Wildman–Crippen MR) is 154 cm³/mol. The van der Waals surface area contributed by atoms with Crippen LogP contribution in [0.5, 0.6) is 0 Å². The third kappa shape index (κ3) is 6.77. The summed E-state index contributed by atoms with van der Waals surface area (Å²) in [6.45, 7) is 10.9. The Morgan fingerprint density at radius 3 is 2.28 bits per heavy atom. The summed E-state index contributed by atoms with van der Waals surface area (Å²) < 4.78 is 30.0. The number of nitrogens with zero attached hydrogens (tertiary/aromatic N) is 2. The fraction of sp³-hybridized carbons (Fsp3) is 0.467. The van der Waals surface area contributed by atoms with Gasteiger partial charge in [-0.15, -0.1) is 0 Å². The highest BCUT2D eigenvalue weighted by atomic mass is 79.9. The van der Waals surface area contributed by atoms with Crippen LogP contribution in [0.3, 0.4) is 0 Å². The van der Waals surface area contributed by atoms with Gasteiger partial charge in [0.25, 0.3) is 0 Å². The summed E-state index contributed by atoms with van der Waals surface area (Å²) in [5.41, 5.74) is 4.90. The molecule has 1 unspecified atom stereocenters. The average molecular weight is 573 g/mol. The zero-order chi connectivity index (χ0) is 25.8. The van der Waals surface area contributed by atoms with Crippen LogP contribution in [0, 0.1) is 19.8 Å². The van der Waals surface area contributed by atoms with Gasteiger partial charge in [0.1, 0.15) is 12.0 Å². The van der Waals surface area contributed by atoms with Crippen molar-refractivity contribution in [3.05, 3.63) is 77.4 Å². The summed E-state index contributed by atoms with van der Waals surface area (Å²) in [7, 11) is -3.51. The Morgan fingerprint density at radius 1 is 0.944 bits per heavy atom. The molecular weight excluding hydrogens is 532 g/mol. The molecule has 0 spiro atoms. The lowest BCUT2D eigenvalue weighted by atomic mass is 10.1. The van der Waals surface area contributed by atoms with Gasteiger partial charge in [-0.05, 0) is 91.2 Å². The molecule has 1 aliphatic rings. The van der Waals surface area contributed by atoms with E-state index in [0.717, 1.165) is 66.0 Å². The van der Waals surface area contributed by atoms with Crippen molar-refractivity contribution in [3.63, 3.8) is 0 Å². The predicted octanol–water partition coefficient (Wildman–Crippen LogP) is 7.03. The Labute approximate surface area is 226 Å². The summed E-state index contributed by atoms with van der Waals surface area (Å²) in [6.07, 6.45) is 4.15. The number of aryl methyl sites for hydroxylation is 2. The molecule has 1 fully saturated rings. The van der Waals surface area contributed by atoms with Crippen molar-refractivity contribution < 1.29 is 12.9 Å². The van der Waals surface area contributed by atoms with E-state index in [9.17, 15) is 8.42 Å². The second-order valence-corrected chi connectivity index (χ2v) is 13.1. The van der Waals surface area contributed by atoms with Crippen molar-refractivity contribution in [3.8, 4) is 0 Å². The molecule has 3 aromatic rings. The molecule has 4 nitrogen and oxygen atoms in total. The van der Waals surface area contributed by atoms with Gasteiger partial charge in [0.15, 0.2) is 0 Å². The van der Waals surface area contributed by atoms with E-state index in [1.165, 1.54) is 16.7 Å². The topological polar surface area (TPSA) is 37.4 Å². The van der Waals surface area contributed by atoms with Crippen LogP contribution in [0.4, 0.5) is 0 Å². The maximum absolute atomic E-state index is 13.7. The third-order valence-corrected chi connectivity index (χ3v) is 10.5. The first-order valence-corrected chi connectivity index (χ1v) is 15.8. The SMILES string of the molecule is CC[N+](CBr)(CCCCN(CC1CC1)S(=O)(=O)c1ccc2ccccc2c1)Cc1cc(C)cc(C)c1. The van der Waals surface area contributed by atoms with Crippen molar-refractivity contribution >= 4 is 36.7 Å². The molecule has 0 saturated heterocycles. The quantitative estimate of drug-likeness (QED) is 0.0955. The zero-order valence-corrected chi connectivity index (χ0v) is 24.3. The van der Waals surface area contributed by atoms with Gasteiger partial charge in [0.2, 0.25) is 10.0 Å². The van der Waals surface area contributed by atoms with Crippen LogP contribution in [0.15, 0.2) is 65.6 Å². The number of fused-ring (bicyclic) bond motifs is 1. The Hall–Kier alpha value is -1.73. The van der Waals surface area contributed by atoms with Crippen LogP contribution in [0.2, 0.25) is 0 Å². The smallest absolute Gasteiger partial charge is 0.243 e. The molecule has 0 amide bonds. The largest absolute Gasteiger partial charge is 0.311 e. The summed E-state index contributed by atoms with van der Waals surface area (Å²) in [6, 6.07) is 20.3. The molecule has 194 valence electrons. The first kappa shape index (κ1) is 27.3. The number of unbranched alkanes of at least 4 members (excludes halogenated alkanes) is 1. The molecule has 0 N–H and O–H groups in total. The standard InChI is InChI=1S/C30H40BrN2O2S/c1-4-33(23-31,22-27-18-24(2)17-25(3)19-27)16-8-7-15-32(21-26-11-12-26)36(34,35)30-14-13-28-9-5-6-10-29(28)20-30/h5-6,9-10,13-14,17-20,26H,4,7-8,11-12,15-16,21-23H2,1-3H3/q+1. The number of hydrogen-bond donors (Lipinski definition) is 0. The first-order valence-electron chi connectivity index (χ1n) is 13.2. The van der Waals surface area contributed by atoms with Crippen LogP contribution < -0.4 is 0 Å². The molecule has 4 rings (SSSR count). The molecule has 36 heavy (non-hydrogen) atoms. The van der Waals surface area contributed by atoms with Crippen LogP contribution >= 0.6 is 15.9 Å². The van der Waals surface area contributed by atoms with Gasteiger partial charge in [0, 0.05) is 18.7 Å². The lowest BCUT2D eigenvalue weighted by molar-refractivity contribution is -0.926. The number of hydrogen-bond acceptors (Lipinski definition) is 2. The van der Waals surface area contributed by atoms with Gasteiger partial charge in [-0.25, -0.2) is 8.42 Å². The van der Waals surface area contributed by atoms with Gasteiger partial charge in [-0.1, -0.05) is 59.7 Å². The van der Waals surface area contributed by atoms with Gasteiger partial charge in [-0.2, -0.15) is 4.31 Å². The first-order chi connectivity index (χ1) is 17.2. The van der Waals surface area contributed by atoms with Crippen molar-refractivity contribution in [2.45, 2.75) is 57.9 Å². The van der Waals surface area contributed by atoms with Crippen molar-refractivity contribution in [1.29, 1.82) is 0 Å². The molecule has 1 aliphatic carbocycles. The molecule has 0 bridgehead atoms. The van der Waals surface area contributed by atoms with Gasteiger partial charge < -0.3 is 4.48 Å². The van der Waals surface area contributed by atoms with Crippen LogP contribution in [0.25, 0.3) is 10.8 Å². The molecule has 3 aromatic carbocycles. The van der Waals surface area contributed by atoms with Crippen LogP contribution in [-0.2, 0) is 16.6 Å². The van der Waals surface area contributed by atoms with E-state index >= 15 is 0 Å². The van der Waals surface area contributed by atoms with Crippen molar-refractivity contribution in [1.82, 2.24) is 4.31 Å². The Balaban J connectivity index is 1.43. The maximum Gasteiger partial charge on any atom is 0.243 e. The fourth-order valence-electron chi connectivity index (χ4n) is 5.19. The maximum atomic E-state index is 13.7. The van der Waals surface area contributed by atoms with Gasteiger partial charge in [-0.3, -0.25) is 0 Å². The van der Waals surface area contributed by atoms with Crippen molar-refractivity contribution in [2.75, 3.05) is 31.6 Å². The molecule has 0 aliphatic heterocycles. The Morgan fingerprint density at radius 2 is 1.64 bits per heavy atom. The number of benzene rings is 3. The van der Waals surface area contributed by atoms with E-state index in [-0.39, 0.29) is 0 Å².